The molecule has 0 bridgehead atoms. The Kier molecular flexibility index (Phi) is 8.06. The average molecular weight is 496 g/mol. The monoisotopic (exact) mass is 495 g/mol. The van der Waals surface area contributed by atoms with Gasteiger partial charge in [-0.1, -0.05) is 12.1 Å². The quantitative estimate of drug-likeness (QED) is 0.309. The van der Waals surface area contributed by atoms with E-state index in [4.69, 9.17) is 9.15 Å². The zero-order valence-electron chi connectivity index (χ0n) is 19.5. The molecule has 4 rings (SSSR count). The fourth-order valence-electron chi connectivity index (χ4n) is 4.06. The summed E-state index contributed by atoms with van der Waals surface area (Å²) >= 11 is 0. The first-order valence-corrected chi connectivity index (χ1v) is 11.6. The molecule has 0 radical (unpaired) electrons. The molecule has 1 aliphatic rings. The third kappa shape index (κ3) is 6.54. The third-order valence-electron chi connectivity index (χ3n) is 5.95. The number of hydrogen-bond donors (Lipinski definition) is 0. The lowest BCUT2D eigenvalue weighted by molar-refractivity contribution is -0.384. The number of carbonyl (C=O) groups excluding carboxylic acids is 2. The van der Waals surface area contributed by atoms with Crippen LogP contribution in [-0.2, 0) is 22.6 Å². The van der Waals surface area contributed by atoms with Gasteiger partial charge < -0.3 is 19.0 Å². The lowest BCUT2D eigenvalue weighted by Gasteiger charge is -2.29. The molecule has 188 valence electrons. The topological polar surface area (TPSA) is 106 Å². The first-order chi connectivity index (χ1) is 17.4. The van der Waals surface area contributed by atoms with Crippen LogP contribution in [-0.4, -0.2) is 52.3 Å². The predicted molar refractivity (Wildman–Crippen MR) is 127 cm³/mol. The maximum absolute atomic E-state index is 13.5. The van der Waals surface area contributed by atoms with Crippen molar-refractivity contribution in [2.24, 2.45) is 0 Å². The number of ether oxygens (including phenoxy) is 1. The Morgan fingerprint density at radius 1 is 1.03 bits per heavy atom. The summed E-state index contributed by atoms with van der Waals surface area (Å²) in [5, 5.41) is 11.0. The summed E-state index contributed by atoms with van der Waals surface area (Å²) in [5.74, 6) is -0.561. The highest BCUT2D eigenvalue weighted by Crippen LogP contribution is 2.19. The molecule has 1 saturated heterocycles. The first kappa shape index (κ1) is 25.1. The molecule has 2 aromatic carbocycles. The smallest absolute Gasteiger partial charge is 0.269 e. The molecule has 2 amide bonds. The Balaban J connectivity index is 1.54. The first-order valence-electron chi connectivity index (χ1n) is 11.6. The Morgan fingerprint density at radius 2 is 1.78 bits per heavy atom. The summed E-state index contributed by atoms with van der Waals surface area (Å²) in [4.78, 5) is 40.2. The van der Waals surface area contributed by atoms with Crippen molar-refractivity contribution < 1.29 is 28.1 Å². The van der Waals surface area contributed by atoms with Crippen LogP contribution in [0.15, 0.2) is 71.3 Å². The van der Waals surface area contributed by atoms with Crippen LogP contribution in [0.25, 0.3) is 0 Å². The number of carbonyl (C=O) groups is 2. The SMILES string of the molecule is O=C(CN(CC1CCCO1)C(=O)c1ccc([N+](=O)[O-])cc1)N(Cc1ccc(F)cc1)Cc1ccco1. The predicted octanol–water partition coefficient (Wildman–Crippen LogP) is 4.18. The van der Waals surface area contributed by atoms with Gasteiger partial charge in [0.25, 0.3) is 11.6 Å². The summed E-state index contributed by atoms with van der Waals surface area (Å²) in [6.45, 7) is 0.944. The van der Waals surface area contributed by atoms with E-state index in [-0.39, 0.29) is 55.3 Å². The zero-order chi connectivity index (χ0) is 25.5. The molecule has 1 aliphatic heterocycles. The van der Waals surface area contributed by atoms with Crippen molar-refractivity contribution in [2.75, 3.05) is 19.7 Å². The van der Waals surface area contributed by atoms with E-state index in [0.717, 1.165) is 18.4 Å². The molecule has 1 unspecified atom stereocenters. The van der Waals surface area contributed by atoms with Crippen molar-refractivity contribution in [3.63, 3.8) is 0 Å². The van der Waals surface area contributed by atoms with Gasteiger partial charge in [-0.15, -0.1) is 0 Å². The minimum absolute atomic E-state index is 0.128. The number of amides is 2. The maximum Gasteiger partial charge on any atom is 0.269 e. The second-order valence-corrected chi connectivity index (χ2v) is 8.58. The summed E-state index contributed by atoms with van der Waals surface area (Å²) < 4.78 is 24.5. The van der Waals surface area contributed by atoms with Crippen molar-refractivity contribution in [3.8, 4) is 0 Å². The van der Waals surface area contributed by atoms with Crippen molar-refractivity contribution in [1.29, 1.82) is 0 Å². The van der Waals surface area contributed by atoms with Crippen LogP contribution in [0.4, 0.5) is 10.1 Å². The summed E-state index contributed by atoms with van der Waals surface area (Å²) in [7, 11) is 0. The molecule has 1 atom stereocenters. The van der Waals surface area contributed by atoms with Gasteiger partial charge in [0.1, 0.15) is 18.1 Å². The Bertz CT molecular complexity index is 1180. The lowest BCUT2D eigenvalue weighted by Crippen LogP contribution is -2.45. The fraction of sp³-hybridized carbons (Fsp3) is 0.308. The molecule has 0 N–H and O–H groups in total. The number of hydrogen-bond acceptors (Lipinski definition) is 6. The number of halogens is 1. The van der Waals surface area contributed by atoms with Gasteiger partial charge in [-0.05, 0) is 54.8 Å². The second-order valence-electron chi connectivity index (χ2n) is 8.58. The molecule has 3 aromatic rings. The van der Waals surface area contributed by atoms with E-state index in [1.165, 1.54) is 52.5 Å². The van der Waals surface area contributed by atoms with Crippen molar-refractivity contribution >= 4 is 17.5 Å². The molecule has 0 aliphatic carbocycles. The van der Waals surface area contributed by atoms with Gasteiger partial charge in [-0.2, -0.15) is 0 Å². The van der Waals surface area contributed by atoms with Crippen LogP contribution in [0, 0.1) is 15.9 Å². The van der Waals surface area contributed by atoms with Crippen LogP contribution in [0.5, 0.6) is 0 Å². The summed E-state index contributed by atoms with van der Waals surface area (Å²) in [5.41, 5.74) is 0.836. The molecule has 1 aromatic heterocycles. The highest BCUT2D eigenvalue weighted by Gasteiger charge is 2.28. The minimum atomic E-state index is -0.538. The standard InChI is InChI=1S/C26H26FN3O6/c27-21-9-5-19(6-10-21)15-28(16-23-3-1-13-35-23)25(31)18-29(17-24-4-2-14-36-24)26(32)20-7-11-22(12-8-20)30(33)34/h1,3,5-13,24H,2,4,14-18H2. The van der Waals surface area contributed by atoms with Crippen LogP contribution < -0.4 is 0 Å². The Morgan fingerprint density at radius 3 is 2.39 bits per heavy atom. The molecular formula is C26H26FN3O6. The van der Waals surface area contributed by atoms with E-state index in [1.54, 1.807) is 24.3 Å². The van der Waals surface area contributed by atoms with Gasteiger partial charge >= 0.3 is 0 Å². The molecule has 9 nitrogen and oxygen atoms in total. The van der Waals surface area contributed by atoms with Crippen LogP contribution in [0.2, 0.25) is 0 Å². The van der Waals surface area contributed by atoms with E-state index in [0.29, 0.717) is 12.4 Å². The van der Waals surface area contributed by atoms with Gasteiger partial charge in [0.15, 0.2) is 0 Å². The van der Waals surface area contributed by atoms with Gasteiger partial charge in [-0.25, -0.2) is 4.39 Å². The third-order valence-corrected chi connectivity index (χ3v) is 5.95. The van der Waals surface area contributed by atoms with E-state index in [2.05, 4.69) is 0 Å². The number of furan rings is 1. The zero-order valence-corrected chi connectivity index (χ0v) is 19.5. The summed E-state index contributed by atoms with van der Waals surface area (Å²) in [6, 6.07) is 14.6. The second kappa shape index (κ2) is 11.6. The normalized spacial score (nSPS) is 15.0. The largest absolute Gasteiger partial charge is 0.467 e. The number of nitro groups is 1. The van der Waals surface area contributed by atoms with Crippen molar-refractivity contribution in [2.45, 2.75) is 32.0 Å². The van der Waals surface area contributed by atoms with Crippen LogP contribution in [0.3, 0.4) is 0 Å². The van der Waals surface area contributed by atoms with Gasteiger partial charge in [0, 0.05) is 37.4 Å². The Labute approximate surface area is 207 Å². The van der Waals surface area contributed by atoms with E-state index in [1.807, 2.05) is 0 Å². The van der Waals surface area contributed by atoms with Crippen molar-refractivity contribution in [3.05, 3.63) is 99.7 Å². The number of rotatable bonds is 10. The average Bonchev–Trinajstić information content (AvgIpc) is 3.58. The highest BCUT2D eigenvalue weighted by atomic mass is 19.1. The van der Waals surface area contributed by atoms with Gasteiger partial charge in [0.2, 0.25) is 5.91 Å². The summed E-state index contributed by atoms with van der Waals surface area (Å²) in [6.07, 6.45) is 2.95. The molecular weight excluding hydrogens is 469 g/mol. The van der Waals surface area contributed by atoms with E-state index < -0.39 is 10.8 Å². The number of non-ortho nitro benzene ring substituents is 1. The molecule has 36 heavy (non-hydrogen) atoms. The minimum Gasteiger partial charge on any atom is -0.467 e. The van der Waals surface area contributed by atoms with Crippen LogP contribution >= 0.6 is 0 Å². The van der Waals surface area contributed by atoms with Gasteiger partial charge in [-0.3, -0.25) is 19.7 Å². The molecule has 10 heteroatoms. The fourth-order valence-corrected chi connectivity index (χ4v) is 4.06. The van der Waals surface area contributed by atoms with E-state index >= 15 is 0 Å². The number of nitro benzene ring substituents is 1. The van der Waals surface area contributed by atoms with E-state index in [9.17, 15) is 24.1 Å². The lowest BCUT2D eigenvalue weighted by atomic mass is 10.1. The molecule has 0 spiro atoms. The Hall–Kier alpha value is -4.05. The van der Waals surface area contributed by atoms with Gasteiger partial charge in [0.05, 0.1) is 23.8 Å². The van der Waals surface area contributed by atoms with Crippen molar-refractivity contribution in [1.82, 2.24) is 9.80 Å². The highest BCUT2D eigenvalue weighted by molar-refractivity contribution is 5.96. The molecule has 1 fully saturated rings. The maximum atomic E-state index is 13.5. The van der Waals surface area contributed by atoms with Crippen LogP contribution in [0.1, 0.15) is 34.5 Å². The molecule has 0 saturated carbocycles. The number of benzene rings is 2. The number of nitrogens with zero attached hydrogens (tertiary/aromatic N) is 3. The molecule has 2 heterocycles.